The molecular weight excluding hydrogens is 188 g/mol. The highest BCUT2D eigenvalue weighted by atomic mass is 16.5. The molecule has 3 heteroatoms. The van der Waals surface area contributed by atoms with Gasteiger partial charge in [-0.25, -0.2) is 0 Å². The van der Waals surface area contributed by atoms with Gasteiger partial charge >= 0.3 is 0 Å². The van der Waals surface area contributed by atoms with Crippen molar-refractivity contribution in [2.45, 2.75) is 38.1 Å². The average molecular weight is 212 g/mol. The third-order valence-electron chi connectivity index (χ3n) is 3.62. The van der Waals surface area contributed by atoms with Gasteiger partial charge in [-0.2, -0.15) is 0 Å². The van der Waals surface area contributed by atoms with Gasteiger partial charge in [0.15, 0.2) is 0 Å². The molecule has 0 aromatic rings. The van der Waals surface area contributed by atoms with Gasteiger partial charge in [-0.3, -0.25) is 0 Å². The largest absolute Gasteiger partial charge is 0.381 e. The van der Waals surface area contributed by atoms with Crippen LogP contribution in [-0.4, -0.2) is 38.9 Å². The van der Waals surface area contributed by atoms with Gasteiger partial charge in [0.05, 0.1) is 0 Å². The van der Waals surface area contributed by atoms with Crippen LogP contribution >= 0.6 is 0 Å². The number of hydrogen-bond acceptors (Lipinski definition) is 3. The van der Waals surface area contributed by atoms with Gasteiger partial charge < -0.3 is 15.4 Å². The van der Waals surface area contributed by atoms with E-state index in [2.05, 4.69) is 10.6 Å². The molecule has 1 atom stereocenters. The second-order valence-corrected chi connectivity index (χ2v) is 4.84. The lowest BCUT2D eigenvalue weighted by molar-refractivity contribution is 0.0637. The van der Waals surface area contributed by atoms with Crippen molar-refractivity contribution in [2.24, 2.45) is 5.92 Å². The highest BCUT2D eigenvalue weighted by Gasteiger charge is 2.15. The summed E-state index contributed by atoms with van der Waals surface area (Å²) in [6.07, 6.45) is 6.55. The molecule has 1 unspecified atom stereocenters. The Morgan fingerprint density at radius 2 is 2.07 bits per heavy atom. The van der Waals surface area contributed by atoms with Gasteiger partial charge in [-0.05, 0) is 51.1 Å². The van der Waals surface area contributed by atoms with Crippen molar-refractivity contribution in [3.05, 3.63) is 0 Å². The van der Waals surface area contributed by atoms with Crippen molar-refractivity contribution in [2.75, 3.05) is 32.8 Å². The first-order chi connectivity index (χ1) is 7.45. The van der Waals surface area contributed by atoms with Crippen molar-refractivity contribution < 1.29 is 4.74 Å². The molecule has 2 fully saturated rings. The Labute approximate surface area is 93.0 Å². The smallest absolute Gasteiger partial charge is 0.0468 e. The Balaban J connectivity index is 1.53. The third kappa shape index (κ3) is 4.09. The van der Waals surface area contributed by atoms with E-state index in [-0.39, 0.29) is 0 Å². The fraction of sp³-hybridized carbons (Fsp3) is 1.00. The topological polar surface area (TPSA) is 33.3 Å². The van der Waals surface area contributed by atoms with Gasteiger partial charge in [0.25, 0.3) is 0 Å². The summed E-state index contributed by atoms with van der Waals surface area (Å²) in [5.41, 5.74) is 0. The van der Waals surface area contributed by atoms with Crippen molar-refractivity contribution >= 4 is 0 Å². The van der Waals surface area contributed by atoms with E-state index in [0.29, 0.717) is 0 Å². The van der Waals surface area contributed by atoms with Crippen LogP contribution in [0.2, 0.25) is 0 Å². The Hall–Kier alpha value is -0.120. The van der Waals surface area contributed by atoms with E-state index in [1.54, 1.807) is 0 Å². The maximum atomic E-state index is 5.37. The standard InChI is InChI=1S/C12H24N2O/c1-2-12(10-13-6-1)14-7-3-11-4-8-15-9-5-11/h11-14H,1-10H2. The number of ether oxygens (including phenoxy) is 1. The molecule has 0 radical (unpaired) electrons. The van der Waals surface area contributed by atoms with Crippen LogP contribution in [0.15, 0.2) is 0 Å². The Morgan fingerprint density at radius 1 is 1.20 bits per heavy atom. The van der Waals surface area contributed by atoms with Gasteiger partial charge in [0, 0.05) is 25.8 Å². The first-order valence-corrected chi connectivity index (χ1v) is 6.47. The molecule has 2 rings (SSSR count). The van der Waals surface area contributed by atoms with Crippen LogP contribution in [0.1, 0.15) is 32.1 Å². The van der Waals surface area contributed by atoms with Gasteiger partial charge in [0.1, 0.15) is 0 Å². The van der Waals surface area contributed by atoms with Gasteiger partial charge in [-0.15, -0.1) is 0 Å². The minimum atomic E-state index is 0.721. The highest BCUT2D eigenvalue weighted by Crippen LogP contribution is 2.17. The zero-order valence-corrected chi connectivity index (χ0v) is 9.63. The molecule has 2 heterocycles. The van der Waals surface area contributed by atoms with Crippen molar-refractivity contribution in [1.29, 1.82) is 0 Å². The summed E-state index contributed by atoms with van der Waals surface area (Å²) in [5.74, 6) is 0.905. The fourth-order valence-electron chi connectivity index (χ4n) is 2.55. The third-order valence-corrected chi connectivity index (χ3v) is 3.62. The van der Waals surface area contributed by atoms with Crippen molar-refractivity contribution in [3.8, 4) is 0 Å². The first kappa shape index (κ1) is 11.4. The fourth-order valence-corrected chi connectivity index (χ4v) is 2.55. The summed E-state index contributed by atoms with van der Waals surface area (Å²) in [6, 6.07) is 0.721. The lowest BCUT2D eigenvalue weighted by atomic mass is 9.96. The molecule has 0 bridgehead atoms. The first-order valence-electron chi connectivity index (χ1n) is 6.47. The Morgan fingerprint density at radius 3 is 2.80 bits per heavy atom. The van der Waals surface area contributed by atoms with Crippen LogP contribution in [0.5, 0.6) is 0 Å². The molecule has 15 heavy (non-hydrogen) atoms. The van der Waals surface area contributed by atoms with E-state index >= 15 is 0 Å². The molecule has 2 N–H and O–H groups in total. The van der Waals surface area contributed by atoms with Crippen molar-refractivity contribution in [1.82, 2.24) is 10.6 Å². The summed E-state index contributed by atoms with van der Waals surface area (Å²) in [4.78, 5) is 0. The molecule has 3 nitrogen and oxygen atoms in total. The molecule has 2 aliphatic rings. The summed E-state index contributed by atoms with van der Waals surface area (Å²) in [5, 5.41) is 7.11. The second-order valence-electron chi connectivity index (χ2n) is 4.84. The van der Waals surface area contributed by atoms with E-state index in [4.69, 9.17) is 4.74 Å². The maximum absolute atomic E-state index is 5.37. The minimum Gasteiger partial charge on any atom is -0.381 e. The summed E-state index contributed by atoms with van der Waals surface area (Å²) in [6.45, 7) is 5.52. The molecule has 0 spiro atoms. The molecule has 2 saturated heterocycles. The van der Waals surface area contributed by atoms with Crippen LogP contribution in [-0.2, 0) is 4.74 Å². The van der Waals surface area contributed by atoms with Crippen LogP contribution in [0.4, 0.5) is 0 Å². The second kappa shape index (κ2) is 6.46. The van der Waals surface area contributed by atoms with E-state index in [9.17, 15) is 0 Å². The normalized spacial score (nSPS) is 29.2. The predicted molar refractivity (Wildman–Crippen MR) is 62.1 cm³/mol. The minimum absolute atomic E-state index is 0.721. The SMILES string of the molecule is C1CNCC(NCCC2CCOCC2)C1. The Kier molecular flexibility index (Phi) is 4.90. The molecule has 0 aliphatic carbocycles. The number of piperidine rings is 1. The number of hydrogen-bond donors (Lipinski definition) is 2. The van der Waals surface area contributed by atoms with E-state index in [1.807, 2.05) is 0 Å². The number of rotatable bonds is 4. The predicted octanol–water partition coefficient (Wildman–Crippen LogP) is 1.14. The van der Waals surface area contributed by atoms with E-state index in [0.717, 1.165) is 31.7 Å². The van der Waals surface area contributed by atoms with Crippen LogP contribution in [0.25, 0.3) is 0 Å². The molecule has 0 amide bonds. The van der Waals surface area contributed by atoms with Gasteiger partial charge in [0.2, 0.25) is 0 Å². The molecule has 2 aliphatic heterocycles. The maximum Gasteiger partial charge on any atom is 0.0468 e. The summed E-state index contributed by atoms with van der Waals surface area (Å²) < 4.78 is 5.37. The molecular formula is C12H24N2O. The average Bonchev–Trinajstić information content (AvgIpc) is 2.32. The monoisotopic (exact) mass is 212 g/mol. The molecule has 0 aromatic heterocycles. The zero-order chi connectivity index (χ0) is 10.3. The molecule has 0 saturated carbocycles. The van der Waals surface area contributed by atoms with Crippen LogP contribution in [0.3, 0.4) is 0 Å². The molecule has 88 valence electrons. The highest BCUT2D eigenvalue weighted by molar-refractivity contribution is 4.75. The lowest BCUT2D eigenvalue weighted by Crippen LogP contribution is -2.43. The molecule has 0 aromatic carbocycles. The summed E-state index contributed by atoms with van der Waals surface area (Å²) >= 11 is 0. The number of nitrogens with one attached hydrogen (secondary N) is 2. The lowest BCUT2D eigenvalue weighted by Gasteiger charge is -2.26. The zero-order valence-electron chi connectivity index (χ0n) is 9.63. The van der Waals surface area contributed by atoms with Crippen LogP contribution in [0, 0.1) is 5.92 Å². The van der Waals surface area contributed by atoms with E-state index < -0.39 is 0 Å². The van der Waals surface area contributed by atoms with Crippen molar-refractivity contribution in [3.63, 3.8) is 0 Å². The van der Waals surface area contributed by atoms with Crippen LogP contribution < -0.4 is 10.6 Å². The quantitative estimate of drug-likeness (QED) is 0.733. The Bertz CT molecular complexity index is 145. The summed E-state index contributed by atoms with van der Waals surface area (Å²) in [7, 11) is 0. The van der Waals surface area contributed by atoms with Gasteiger partial charge in [-0.1, -0.05) is 0 Å². The van der Waals surface area contributed by atoms with E-state index in [1.165, 1.54) is 45.2 Å².